The molecule has 0 atom stereocenters. The molecule has 0 unspecified atom stereocenters. The van der Waals surface area contributed by atoms with Gasteiger partial charge in [0.15, 0.2) is 0 Å². The van der Waals surface area contributed by atoms with Crippen LogP contribution in [-0.4, -0.2) is 17.6 Å². The predicted molar refractivity (Wildman–Crippen MR) is 235 cm³/mol. The molecule has 262 valence electrons. The zero-order chi connectivity index (χ0) is 36.8. The van der Waals surface area contributed by atoms with Crippen molar-refractivity contribution in [3.63, 3.8) is 0 Å². The summed E-state index contributed by atoms with van der Waals surface area (Å²) in [6, 6.07) is 51.7. The maximum absolute atomic E-state index is 5.66. The van der Waals surface area contributed by atoms with Crippen molar-refractivity contribution in [2.45, 2.75) is 25.7 Å². The first-order valence-electron chi connectivity index (χ1n) is 19.3. The summed E-state index contributed by atoms with van der Waals surface area (Å²) in [4.78, 5) is 5.66. The topological polar surface area (TPSA) is 29.3 Å². The Balaban J connectivity index is 1.27. The van der Waals surface area contributed by atoms with Crippen molar-refractivity contribution in [2.24, 2.45) is 4.99 Å². The Morgan fingerprint density at radius 2 is 1.20 bits per heavy atom. The SMILES string of the molecule is CNC(=N/C(=C1/C=CC=CC1)c1ccc2ccccc2c1)n1c2cc3c(cc2c2cc4c5ccccc5c5ccccc5c4cc21)-c1ccccc1C3(C)C. The van der Waals surface area contributed by atoms with Crippen LogP contribution in [0.25, 0.3) is 81.7 Å². The zero-order valence-electron chi connectivity index (χ0n) is 31.2. The minimum Gasteiger partial charge on any atom is -0.358 e. The van der Waals surface area contributed by atoms with Crippen LogP contribution in [0.1, 0.15) is 37.0 Å². The Bertz CT molecular complexity index is 3240. The van der Waals surface area contributed by atoms with Gasteiger partial charge in [-0.1, -0.05) is 147 Å². The number of aromatic nitrogens is 1. The highest BCUT2D eigenvalue weighted by Gasteiger charge is 2.36. The van der Waals surface area contributed by atoms with E-state index in [1.54, 1.807) is 0 Å². The minimum atomic E-state index is -0.146. The fourth-order valence-corrected chi connectivity index (χ4v) is 9.51. The van der Waals surface area contributed by atoms with Gasteiger partial charge in [0.2, 0.25) is 5.96 Å². The number of hydrogen-bond donors (Lipinski definition) is 1. The van der Waals surface area contributed by atoms with Gasteiger partial charge < -0.3 is 5.32 Å². The fourth-order valence-electron chi connectivity index (χ4n) is 9.51. The van der Waals surface area contributed by atoms with Gasteiger partial charge in [0, 0.05) is 28.8 Å². The summed E-state index contributed by atoms with van der Waals surface area (Å²) >= 11 is 0. The Labute approximate surface area is 320 Å². The van der Waals surface area contributed by atoms with Gasteiger partial charge in [-0.3, -0.25) is 4.57 Å². The number of benzene rings is 8. The van der Waals surface area contributed by atoms with Crippen LogP contribution < -0.4 is 5.32 Å². The molecule has 11 rings (SSSR count). The van der Waals surface area contributed by atoms with E-state index in [-0.39, 0.29) is 5.41 Å². The second kappa shape index (κ2) is 11.9. The van der Waals surface area contributed by atoms with E-state index in [9.17, 15) is 0 Å². The number of hydrogen-bond acceptors (Lipinski definition) is 1. The molecule has 3 nitrogen and oxygen atoms in total. The molecule has 0 saturated heterocycles. The van der Waals surface area contributed by atoms with Crippen molar-refractivity contribution < 1.29 is 0 Å². The Hall–Kier alpha value is -6.71. The maximum atomic E-state index is 5.66. The van der Waals surface area contributed by atoms with E-state index in [1.807, 2.05) is 7.05 Å². The first-order valence-corrected chi connectivity index (χ1v) is 19.3. The molecule has 8 aromatic carbocycles. The Morgan fingerprint density at radius 1 is 0.564 bits per heavy atom. The molecule has 0 bridgehead atoms. The first kappa shape index (κ1) is 31.8. The van der Waals surface area contributed by atoms with E-state index < -0.39 is 0 Å². The van der Waals surface area contributed by atoms with Crippen molar-refractivity contribution in [3.05, 3.63) is 186 Å². The van der Waals surface area contributed by atoms with E-state index >= 15 is 0 Å². The minimum absolute atomic E-state index is 0.146. The van der Waals surface area contributed by atoms with E-state index in [2.05, 4.69) is 188 Å². The highest BCUT2D eigenvalue weighted by Crippen LogP contribution is 2.51. The molecule has 2 aliphatic carbocycles. The highest BCUT2D eigenvalue weighted by molar-refractivity contribution is 6.29. The number of nitrogens with zero attached hydrogens (tertiary/aromatic N) is 2. The number of aliphatic imine (C=N–C) groups is 1. The van der Waals surface area contributed by atoms with Crippen LogP contribution >= 0.6 is 0 Å². The predicted octanol–water partition coefficient (Wildman–Crippen LogP) is 13.1. The molecule has 1 heterocycles. The van der Waals surface area contributed by atoms with E-state index in [4.69, 9.17) is 4.99 Å². The van der Waals surface area contributed by atoms with Crippen LogP contribution in [0.15, 0.2) is 174 Å². The Morgan fingerprint density at radius 3 is 1.93 bits per heavy atom. The summed E-state index contributed by atoms with van der Waals surface area (Å²) in [5, 5.41) is 16.1. The maximum Gasteiger partial charge on any atom is 0.208 e. The molecule has 0 fully saturated rings. The highest BCUT2D eigenvalue weighted by atomic mass is 15.2. The lowest BCUT2D eigenvalue weighted by atomic mass is 9.82. The average Bonchev–Trinajstić information content (AvgIpc) is 3.67. The van der Waals surface area contributed by atoms with E-state index in [0.717, 1.165) is 34.7 Å². The number of nitrogens with one attached hydrogen (secondary N) is 1. The van der Waals surface area contributed by atoms with Crippen molar-refractivity contribution in [2.75, 3.05) is 7.05 Å². The summed E-state index contributed by atoms with van der Waals surface area (Å²) in [6.45, 7) is 4.72. The molecule has 0 saturated carbocycles. The van der Waals surface area contributed by atoms with Gasteiger partial charge in [-0.15, -0.1) is 0 Å². The molecule has 9 aromatic rings. The van der Waals surface area contributed by atoms with E-state index in [0.29, 0.717) is 0 Å². The molecular formula is C52H39N3. The van der Waals surface area contributed by atoms with Gasteiger partial charge in [-0.25, -0.2) is 4.99 Å². The number of rotatable bonds is 2. The number of fused-ring (bicyclic) bond motifs is 13. The smallest absolute Gasteiger partial charge is 0.208 e. The second-order valence-corrected chi connectivity index (χ2v) is 15.5. The van der Waals surface area contributed by atoms with Gasteiger partial charge in [-0.2, -0.15) is 0 Å². The molecular weight excluding hydrogens is 667 g/mol. The lowest BCUT2D eigenvalue weighted by Crippen LogP contribution is -2.27. The average molecular weight is 706 g/mol. The molecule has 3 heteroatoms. The van der Waals surface area contributed by atoms with Crippen molar-refractivity contribution >= 4 is 76.6 Å². The monoisotopic (exact) mass is 705 g/mol. The summed E-state index contributed by atoms with van der Waals surface area (Å²) < 4.78 is 2.39. The van der Waals surface area contributed by atoms with Crippen LogP contribution in [0, 0.1) is 0 Å². The summed E-state index contributed by atoms with van der Waals surface area (Å²) in [7, 11) is 2.01. The summed E-state index contributed by atoms with van der Waals surface area (Å²) in [5.41, 5.74) is 10.7. The fraction of sp³-hybridized carbons (Fsp3) is 0.0962. The van der Waals surface area contributed by atoms with Gasteiger partial charge in [-0.05, 0) is 108 Å². The normalized spacial score (nSPS) is 15.8. The third-order valence-electron chi connectivity index (χ3n) is 12.2. The second-order valence-electron chi connectivity index (χ2n) is 15.5. The standard InChI is InChI=1S/C52H39N3/c1-52(2)46-24-14-13-23-40(46)43-29-45-44-28-41-38-21-11-9-19-36(38)37-20-10-12-22-39(37)42(41)30-48(44)55(49(45)31-47(43)52)51(53-3)54-50(33-16-5-4-6-17-33)35-26-25-32-15-7-8-18-34(32)27-35/h4-16,18-31H,17H2,1-3H3,(H,53,54)/b50-33-. The lowest BCUT2D eigenvalue weighted by Gasteiger charge is -2.22. The summed E-state index contributed by atoms with van der Waals surface area (Å²) in [5.74, 6) is 0.788. The van der Waals surface area contributed by atoms with Gasteiger partial charge in [0.25, 0.3) is 0 Å². The zero-order valence-corrected chi connectivity index (χ0v) is 31.2. The molecule has 0 spiro atoms. The Kier molecular flexibility index (Phi) is 6.88. The van der Waals surface area contributed by atoms with Crippen molar-refractivity contribution in [1.29, 1.82) is 0 Å². The van der Waals surface area contributed by atoms with Crippen molar-refractivity contribution in [1.82, 2.24) is 9.88 Å². The molecule has 0 aliphatic heterocycles. The van der Waals surface area contributed by atoms with Crippen LogP contribution in [0.3, 0.4) is 0 Å². The summed E-state index contributed by atoms with van der Waals surface area (Å²) in [6.07, 6.45) is 9.49. The van der Waals surface area contributed by atoms with Crippen molar-refractivity contribution in [3.8, 4) is 11.1 Å². The quantitative estimate of drug-likeness (QED) is 0.108. The molecule has 1 aromatic heterocycles. The van der Waals surface area contributed by atoms with Crippen LogP contribution in [0.2, 0.25) is 0 Å². The van der Waals surface area contributed by atoms with E-state index in [1.165, 1.54) is 81.7 Å². The lowest BCUT2D eigenvalue weighted by molar-refractivity contribution is 0.661. The largest absolute Gasteiger partial charge is 0.358 e. The molecule has 0 radical (unpaired) electrons. The van der Waals surface area contributed by atoms with Crippen LogP contribution in [-0.2, 0) is 5.41 Å². The van der Waals surface area contributed by atoms with Crippen LogP contribution in [0.5, 0.6) is 0 Å². The molecule has 0 amide bonds. The van der Waals surface area contributed by atoms with Gasteiger partial charge in [0.1, 0.15) is 0 Å². The van der Waals surface area contributed by atoms with Crippen LogP contribution in [0.4, 0.5) is 0 Å². The number of allylic oxidation sites excluding steroid dienone is 5. The molecule has 1 N–H and O–H groups in total. The molecule has 2 aliphatic rings. The third kappa shape index (κ3) is 4.66. The van der Waals surface area contributed by atoms with Gasteiger partial charge >= 0.3 is 0 Å². The first-order chi connectivity index (χ1) is 27.0. The molecule has 55 heavy (non-hydrogen) atoms. The van der Waals surface area contributed by atoms with Gasteiger partial charge in [0.05, 0.1) is 16.7 Å². The third-order valence-corrected chi connectivity index (χ3v) is 12.2.